The number of ether oxygens (including phenoxy) is 1. The van der Waals surface area contributed by atoms with Crippen LogP contribution < -0.4 is 0 Å². The summed E-state index contributed by atoms with van der Waals surface area (Å²) in [6.07, 6.45) is 1.51. The van der Waals surface area contributed by atoms with Crippen LogP contribution in [0.4, 0.5) is 0 Å². The highest BCUT2D eigenvalue weighted by Crippen LogP contribution is 2.15. The quantitative estimate of drug-likeness (QED) is 0.628. The Hall–Kier alpha value is -1.11. The second-order valence-electron chi connectivity index (χ2n) is 3.66. The van der Waals surface area contributed by atoms with Crippen molar-refractivity contribution in [2.75, 3.05) is 0 Å². The minimum Gasteiger partial charge on any atom is -0.458 e. The lowest BCUT2D eigenvalue weighted by atomic mass is 10.3. The monoisotopic (exact) mass is 330 g/mol. The maximum atomic E-state index is 11.8. The summed E-state index contributed by atoms with van der Waals surface area (Å²) in [6.45, 7) is 3.66. The molecular formula is C11H11IN2O2. The van der Waals surface area contributed by atoms with Crippen molar-refractivity contribution in [3.8, 4) is 0 Å². The topological polar surface area (TPSA) is 43.6 Å². The molecule has 2 aromatic heterocycles. The molecule has 0 fully saturated rings. The molecule has 0 aromatic carbocycles. The Labute approximate surface area is 107 Å². The van der Waals surface area contributed by atoms with Gasteiger partial charge in [0.1, 0.15) is 15.7 Å². The molecule has 0 N–H and O–H groups in total. The van der Waals surface area contributed by atoms with E-state index in [0.29, 0.717) is 5.69 Å². The second-order valence-corrected chi connectivity index (χ2v) is 4.68. The first-order valence-corrected chi connectivity index (χ1v) is 6.00. The highest BCUT2D eigenvalue weighted by molar-refractivity contribution is 14.1. The van der Waals surface area contributed by atoms with Crippen LogP contribution in [-0.2, 0) is 4.74 Å². The molecule has 0 amide bonds. The molecule has 5 heteroatoms. The molecule has 0 unspecified atom stereocenters. The summed E-state index contributed by atoms with van der Waals surface area (Å²) in [7, 11) is 0. The summed E-state index contributed by atoms with van der Waals surface area (Å²) in [5, 5.41) is 0. The van der Waals surface area contributed by atoms with Crippen molar-refractivity contribution in [1.29, 1.82) is 0 Å². The van der Waals surface area contributed by atoms with Gasteiger partial charge in [-0.1, -0.05) is 6.07 Å². The first-order chi connectivity index (χ1) is 7.59. The number of pyridine rings is 1. The summed E-state index contributed by atoms with van der Waals surface area (Å²) in [4.78, 5) is 16.0. The third-order valence-electron chi connectivity index (χ3n) is 2.08. The summed E-state index contributed by atoms with van der Waals surface area (Å²) in [6, 6.07) is 5.48. The Kier molecular flexibility index (Phi) is 3.13. The van der Waals surface area contributed by atoms with Gasteiger partial charge in [-0.2, -0.15) is 0 Å². The molecule has 0 bridgehead atoms. The fourth-order valence-electron chi connectivity index (χ4n) is 1.43. The number of esters is 1. The molecule has 0 spiro atoms. The van der Waals surface area contributed by atoms with E-state index in [1.165, 1.54) is 0 Å². The van der Waals surface area contributed by atoms with Crippen molar-refractivity contribution in [2.24, 2.45) is 0 Å². The molecule has 0 aliphatic rings. The number of fused-ring (bicyclic) bond motifs is 1. The molecule has 0 saturated heterocycles. The Morgan fingerprint density at radius 2 is 2.25 bits per heavy atom. The van der Waals surface area contributed by atoms with Crippen LogP contribution in [0.1, 0.15) is 24.3 Å². The van der Waals surface area contributed by atoms with E-state index in [4.69, 9.17) is 4.74 Å². The average Bonchev–Trinajstić information content (AvgIpc) is 2.59. The van der Waals surface area contributed by atoms with Crippen molar-refractivity contribution in [3.05, 3.63) is 33.9 Å². The molecule has 0 aliphatic heterocycles. The second kappa shape index (κ2) is 4.40. The molecule has 84 valence electrons. The number of hydrogen-bond acceptors (Lipinski definition) is 3. The molecule has 0 saturated carbocycles. The van der Waals surface area contributed by atoms with Crippen LogP contribution in [0.15, 0.2) is 24.5 Å². The van der Waals surface area contributed by atoms with Crippen LogP contribution in [-0.4, -0.2) is 21.5 Å². The standard InChI is InChI=1S/C11H11IN2O2/c1-7(2)16-11(15)9-5-3-4-8-10(12)13-6-14(8)9/h3-7H,1-2H3. The molecule has 2 heterocycles. The molecule has 0 radical (unpaired) electrons. The Bertz CT molecular complexity index is 534. The number of imidazole rings is 1. The number of aromatic nitrogens is 2. The van der Waals surface area contributed by atoms with Gasteiger partial charge in [-0.3, -0.25) is 4.40 Å². The molecule has 16 heavy (non-hydrogen) atoms. The number of carbonyl (C=O) groups excluding carboxylic acids is 1. The zero-order chi connectivity index (χ0) is 11.7. The van der Waals surface area contributed by atoms with E-state index < -0.39 is 0 Å². The molecule has 0 atom stereocenters. The maximum Gasteiger partial charge on any atom is 0.355 e. The largest absolute Gasteiger partial charge is 0.458 e. The molecule has 2 rings (SSSR count). The lowest BCUT2D eigenvalue weighted by molar-refractivity contribution is 0.0369. The minimum atomic E-state index is -0.325. The Balaban J connectivity index is 2.48. The van der Waals surface area contributed by atoms with Crippen LogP contribution in [0.5, 0.6) is 0 Å². The van der Waals surface area contributed by atoms with E-state index in [9.17, 15) is 4.79 Å². The van der Waals surface area contributed by atoms with Gasteiger partial charge < -0.3 is 4.74 Å². The van der Waals surface area contributed by atoms with Gasteiger partial charge in [0.15, 0.2) is 0 Å². The van der Waals surface area contributed by atoms with Crippen LogP contribution in [0.2, 0.25) is 0 Å². The zero-order valence-corrected chi connectivity index (χ0v) is 11.1. The fraction of sp³-hybridized carbons (Fsp3) is 0.273. The average molecular weight is 330 g/mol. The lowest BCUT2D eigenvalue weighted by Gasteiger charge is -2.09. The van der Waals surface area contributed by atoms with Gasteiger partial charge in [-0.25, -0.2) is 9.78 Å². The number of nitrogens with zero attached hydrogens (tertiary/aromatic N) is 2. The highest BCUT2D eigenvalue weighted by Gasteiger charge is 2.14. The highest BCUT2D eigenvalue weighted by atomic mass is 127. The third-order valence-corrected chi connectivity index (χ3v) is 2.91. The smallest absolute Gasteiger partial charge is 0.355 e. The Morgan fingerprint density at radius 1 is 1.50 bits per heavy atom. The SMILES string of the molecule is CC(C)OC(=O)c1cccc2c(I)ncn12. The summed E-state index contributed by atoms with van der Waals surface area (Å²) >= 11 is 2.13. The number of carbonyl (C=O) groups is 1. The van der Waals surface area contributed by atoms with Gasteiger partial charge in [0.2, 0.25) is 0 Å². The summed E-state index contributed by atoms with van der Waals surface area (Å²) in [5.41, 5.74) is 1.42. The summed E-state index contributed by atoms with van der Waals surface area (Å²) in [5.74, 6) is -0.325. The van der Waals surface area contributed by atoms with E-state index in [2.05, 4.69) is 27.6 Å². The van der Waals surface area contributed by atoms with Crippen molar-refractivity contribution in [1.82, 2.24) is 9.38 Å². The van der Waals surface area contributed by atoms with E-state index in [0.717, 1.165) is 9.22 Å². The number of halogens is 1. The normalized spacial score (nSPS) is 11.0. The maximum absolute atomic E-state index is 11.8. The third kappa shape index (κ3) is 2.04. The van der Waals surface area contributed by atoms with Gasteiger partial charge in [0, 0.05) is 0 Å². The van der Waals surface area contributed by atoms with Crippen LogP contribution in [0.3, 0.4) is 0 Å². The Morgan fingerprint density at radius 3 is 2.94 bits per heavy atom. The fourth-order valence-corrected chi connectivity index (χ4v) is 1.99. The van der Waals surface area contributed by atoms with Crippen molar-refractivity contribution < 1.29 is 9.53 Å². The number of hydrogen-bond donors (Lipinski definition) is 0. The van der Waals surface area contributed by atoms with Crippen LogP contribution in [0, 0.1) is 3.70 Å². The number of rotatable bonds is 2. The lowest BCUT2D eigenvalue weighted by Crippen LogP contribution is -2.14. The molecule has 4 nitrogen and oxygen atoms in total. The minimum absolute atomic E-state index is 0.120. The van der Waals surface area contributed by atoms with Crippen molar-refractivity contribution in [3.63, 3.8) is 0 Å². The van der Waals surface area contributed by atoms with E-state index in [1.54, 1.807) is 16.8 Å². The first kappa shape index (κ1) is 11.4. The van der Waals surface area contributed by atoms with Gasteiger partial charge in [0.05, 0.1) is 11.6 Å². The van der Waals surface area contributed by atoms with Gasteiger partial charge in [-0.15, -0.1) is 0 Å². The van der Waals surface area contributed by atoms with Crippen LogP contribution >= 0.6 is 22.6 Å². The van der Waals surface area contributed by atoms with E-state index >= 15 is 0 Å². The molecular weight excluding hydrogens is 319 g/mol. The van der Waals surface area contributed by atoms with Gasteiger partial charge in [0.25, 0.3) is 0 Å². The predicted molar refractivity (Wildman–Crippen MR) is 68.5 cm³/mol. The van der Waals surface area contributed by atoms with E-state index in [-0.39, 0.29) is 12.1 Å². The van der Waals surface area contributed by atoms with E-state index in [1.807, 2.05) is 26.0 Å². The first-order valence-electron chi connectivity index (χ1n) is 4.92. The molecule has 2 aromatic rings. The van der Waals surface area contributed by atoms with Crippen LogP contribution in [0.25, 0.3) is 5.52 Å². The van der Waals surface area contributed by atoms with Crippen molar-refractivity contribution in [2.45, 2.75) is 20.0 Å². The van der Waals surface area contributed by atoms with Crippen molar-refractivity contribution >= 4 is 34.1 Å². The van der Waals surface area contributed by atoms with Gasteiger partial charge >= 0.3 is 5.97 Å². The molecule has 0 aliphatic carbocycles. The predicted octanol–water partition coefficient (Wildman–Crippen LogP) is 2.50. The zero-order valence-electron chi connectivity index (χ0n) is 8.98. The summed E-state index contributed by atoms with van der Waals surface area (Å²) < 4.78 is 7.78. The van der Waals surface area contributed by atoms with Gasteiger partial charge in [-0.05, 0) is 48.6 Å².